The summed E-state index contributed by atoms with van der Waals surface area (Å²) in [5.74, 6) is 0. The number of hydrogen-bond acceptors (Lipinski definition) is 3. The number of rotatable bonds is 1. The van der Waals surface area contributed by atoms with E-state index in [-0.39, 0.29) is 5.54 Å². The highest BCUT2D eigenvalue weighted by atomic mass is 15.2. The number of nitrogens with zero attached hydrogens (tertiary/aromatic N) is 2. The molecule has 1 aliphatic heterocycles. The molecule has 0 aliphatic carbocycles. The SMILES string of the molecule is CN1CCCNCC1(C)c1ccccn1. The number of nitrogens with one attached hydrogen (secondary N) is 1. The molecule has 1 saturated heterocycles. The largest absolute Gasteiger partial charge is 0.314 e. The smallest absolute Gasteiger partial charge is 0.0728 e. The van der Waals surface area contributed by atoms with E-state index < -0.39 is 0 Å². The van der Waals surface area contributed by atoms with Crippen molar-refractivity contribution < 1.29 is 0 Å². The molecule has 0 saturated carbocycles. The predicted octanol–water partition coefficient (Wildman–Crippen LogP) is 1.22. The molecule has 3 heteroatoms. The molecule has 0 spiro atoms. The zero-order valence-electron chi connectivity index (χ0n) is 9.53. The van der Waals surface area contributed by atoms with Crippen molar-refractivity contribution in [1.82, 2.24) is 15.2 Å². The topological polar surface area (TPSA) is 28.2 Å². The van der Waals surface area contributed by atoms with E-state index in [4.69, 9.17) is 0 Å². The van der Waals surface area contributed by atoms with Crippen molar-refractivity contribution >= 4 is 0 Å². The van der Waals surface area contributed by atoms with Crippen LogP contribution in [0.15, 0.2) is 24.4 Å². The Morgan fingerprint density at radius 1 is 1.47 bits per heavy atom. The summed E-state index contributed by atoms with van der Waals surface area (Å²) in [6.07, 6.45) is 3.08. The summed E-state index contributed by atoms with van der Waals surface area (Å²) in [6.45, 7) is 5.46. The van der Waals surface area contributed by atoms with Gasteiger partial charge in [-0.3, -0.25) is 9.88 Å². The van der Waals surface area contributed by atoms with E-state index in [0.29, 0.717) is 0 Å². The third-order valence-electron chi connectivity index (χ3n) is 3.38. The second kappa shape index (κ2) is 4.29. The summed E-state index contributed by atoms with van der Waals surface area (Å²) >= 11 is 0. The summed E-state index contributed by atoms with van der Waals surface area (Å²) in [5, 5.41) is 3.49. The van der Waals surface area contributed by atoms with Gasteiger partial charge in [-0.1, -0.05) is 6.07 Å². The first-order chi connectivity index (χ1) is 7.23. The van der Waals surface area contributed by atoms with Crippen LogP contribution in [0.4, 0.5) is 0 Å². The summed E-state index contributed by atoms with van der Waals surface area (Å²) in [7, 11) is 2.18. The maximum Gasteiger partial charge on any atom is 0.0728 e. The Labute approximate surface area is 91.5 Å². The Morgan fingerprint density at radius 3 is 3.07 bits per heavy atom. The first-order valence-electron chi connectivity index (χ1n) is 5.57. The van der Waals surface area contributed by atoms with Gasteiger partial charge in [0.1, 0.15) is 0 Å². The quantitative estimate of drug-likeness (QED) is 0.747. The van der Waals surface area contributed by atoms with E-state index in [1.165, 1.54) is 6.42 Å². The summed E-state index contributed by atoms with van der Waals surface area (Å²) in [5.41, 5.74) is 1.18. The van der Waals surface area contributed by atoms with Crippen molar-refractivity contribution in [1.29, 1.82) is 0 Å². The molecular formula is C12H19N3. The van der Waals surface area contributed by atoms with E-state index >= 15 is 0 Å². The van der Waals surface area contributed by atoms with Crippen molar-refractivity contribution in [3.8, 4) is 0 Å². The molecule has 0 aromatic carbocycles. The Morgan fingerprint density at radius 2 is 2.33 bits per heavy atom. The monoisotopic (exact) mass is 205 g/mol. The van der Waals surface area contributed by atoms with Gasteiger partial charge in [0.2, 0.25) is 0 Å². The molecule has 15 heavy (non-hydrogen) atoms. The van der Waals surface area contributed by atoms with Crippen LogP contribution in [0.25, 0.3) is 0 Å². The normalized spacial score (nSPS) is 28.7. The molecule has 0 bridgehead atoms. The first-order valence-corrected chi connectivity index (χ1v) is 5.57. The van der Waals surface area contributed by atoms with Gasteiger partial charge in [-0.15, -0.1) is 0 Å². The molecule has 0 radical (unpaired) electrons. The molecule has 82 valence electrons. The molecule has 0 amide bonds. The van der Waals surface area contributed by atoms with E-state index in [0.717, 1.165) is 25.3 Å². The van der Waals surface area contributed by atoms with Crippen LogP contribution >= 0.6 is 0 Å². The highest BCUT2D eigenvalue weighted by Gasteiger charge is 2.33. The van der Waals surface area contributed by atoms with Crippen molar-refractivity contribution in [2.75, 3.05) is 26.7 Å². The molecule has 2 heterocycles. The van der Waals surface area contributed by atoms with Gasteiger partial charge in [0, 0.05) is 12.7 Å². The second-order valence-electron chi connectivity index (χ2n) is 4.44. The fourth-order valence-electron chi connectivity index (χ4n) is 2.12. The van der Waals surface area contributed by atoms with Crippen LogP contribution < -0.4 is 5.32 Å². The molecule has 1 N–H and O–H groups in total. The van der Waals surface area contributed by atoms with Crippen molar-refractivity contribution in [2.24, 2.45) is 0 Å². The van der Waals surface area contributed by atoms with E-state index in [2.05, 4.69) is 41.3 Å². The molecule has 1 fully saturated rings. The van der Waals surface area contributed by atoms with Crippen LogP contribution in [0.1, 0.15) is 19.0 Å². The number of likely N-dealkylation sites (N-methyl/N-ethyl adjacent to an activating group) is 1. The first kappa shape index (κ1) is 10.6. The van der Waals surface area contributed by atoms with E-state index in [1.807, 2.05) is 12.3 Å². The number of aromatic nitrogens is 1. The fraction of sp³-hybridized carbons (Fsp3) is 0.583. The lowest BCUT2D eigenvalue weighted by Gasteiger charge is -2.36. The highest BCUT2D eigenvalue weighted by molar-refractivity contribution is 5.16. The third-order valence-corrected chi connectivity index (χ3v) is 3.38. The van der Waals surface area contributed by atoms with Crippen LogP contribution in [-0.2, 0) is 5.54 Å². The van der Waals surface area contributed by atoms with Gasteiger partial charge in [-0.05, 0) is 45.6 Å². The molecular weight excluding hydrogens is 186 g/mol. The Hall–Kier alpha value is -0.930. The lowest BCUT2D eigenvalue weighted by Crippen LogP contribution is -2.46. The van der Waals surface area contributed by atoms with Crippen LogP contribution in [-0.4, -0.2) is 36.6 Å². The maximum absolute atomic E-state index is 4.48. The van der Waals surface area contributed by atoms with E-state index in [1.54, 1.807) is 0 Å². The van der Waals surface area contributed by atoms with Gasteiger partial charge in [-0.25, -0.2) is 0 Å². The third kappa shape index (κ3) is 2.03. The molecule has 3 nitrogen and oxygen atoms in total. The summed E-state index contributed by atoms with van der Waals surface area (Å²) < 4.78 is 0. The van der Waals surface area contributed by atoms with Gasteiger partial charge in [0.15, 0.2) is 0 Å². The lowest BCUT2D eigenvalue weighted by molar-refractivity contribution is 0.146. The van der Waals surface area contributed by atoms with Crippen LogP contribution in [0.5, 0.6) is 0 Å². The zero-order valence-corrected chi connectivity index (χ0v) is 9.53. The molecule has 1 aromatic rings. The van der Waals surface area contributed by atoms with Gasteiger partial charge >= 0.3 is 0 Å². The van der Waals surface area contributed by atoms with Crippen LogP contribution in [0.3, 0.4) is 0 Å². The average molecular weight is 205 g/mol. The fourth-order valence-corrected chi connectivity index (χ4v) is 2.12. The van der Waals surface area contributed by atoms with Gasteiger partial charge in [0.05, 0.1) is 11.2 Å². The number of hydrogen-bond donors (Lipinski definition) is 1. The van der Waals surface area contributed by atoms with Crippen LogP contribution in [0, 0.1) is 0 Å². The average Bonchev–Trinajstić information content (AvgIpc) is 2.44. The standard InChI is InChI=1S/C12H19N3/c1-12(11-6-3-4-8-14-11)10-13-7-5-9-15(12)2/h3-4,6,8,13H,5,7,9-10H2,1-2H3. The Balaban J connectivity index is 2.30. The number of pyridine rings is 1. The molecule has 1 aromatic heterocycles. The molecule has 1 aliphatic rings. The second-order valence-corrected chi connectivity index (χ2v) is 4.44. The lowest BCUT2D eigenvalue weighted by atomic mass is 9.95. The Bertz CT molecular complexity index is 312. The molecule has 1 atom stereocenters. The summed E-state index contributed by atoms with van der Waals surface area (Å²) in [6, 6.07) is 6.15. The highest BCUT2D eigenvalue weighted by Crippen LogP contribution is 2.25. The zero-order chi connectivity index (χ0) is 10.7. The molecule has 2 rings (SSSR count). The van der Waals surface area contributed by atoms with Crippen LogP contribution in [0.2, 0.25) is 0 Å². The summed E-state index contributed by atoms with van der Waals surface area (Å²) in [4.78, 5) is 6.88. The maximum atomic E-state index is 4.48. The van der Waals surface area contributed by atoms with Gasteiger partial charge in [-0.2, -0.15) is 0 Å². The van der Waals surface area contributed by atoms with Crippen molar-refractivity contribution in [3.63, 3.8) is 0 Å². The Kier molecular flexibility index (Phi) is 3.03. The van der Waals surface area contributed by atoms with Gasteiger partial charge in [0.25, 0.3) is 0 Å². The minimum Gasteiger partial charge on any atom is -0.314 e. The van der Waals surface area contributed by atoms with Gasteiger partial charge < -0.3 is 5.32 Å². The minimum atomic E-state index is 0.0256. The van der Waals surface area contributed by atoms with Crippen molar-refractivity contribution in [3.05, 3.63) is 30.1 Å². The minimum absolute atomic E-state index is 0.0256. The van der Waals surface area contributed by atoms with Crippen molar-refractivity contribution in [2.45, 2.75) is 18.9 Å². The molecule has 1 unspecified atom stereocenters. The van der Waals surface area contributed by atoms with E-state index in [9.17, 15) is 0 Å². The predicted molar refractivity (Wildman–Crippen MR) is 61.7 cm³/mol.